The second-order valence-corrected chi connectivity index (χ2v) is 11.4. The predicted molar refractivity (Wildman–Crippen MR) is 176 cm³/mol. The largest absolute Gasteiger partial charge is 0.325 e. The molecule has 214 valence electrons. The molecule has 3 N–H and O–H groups in total. The van der Waals surface area contributed by atoms with Crippen LogP contribution < -0.4 is 16.0 Å². The Balaban J connectivity index is 1.25. The first-order chi connectivity index (χ1) is 20.9. The van der Waals surface area contributed by atoms with E-state index in [9.17, 15) is 14.4 Å². The first-order valence-electron chi connectivity index (χ1n) is 13.9. The number of hydrogen-bond acceptors (Lipinski definition) is 4. The van der Waals surface area contributed by atoms with Crippen molar-refractivity contribution < 1.29 is 14.4 Å². The Morgan fingerprint density at radius 1 is 0.721 bits per heavy atom. The Labute approximate surface area is 255 Å². The number of rotatable bonds is 9. The number of nitrogens with one attached hydrogen (secondary N) is 3. The fourth-order valence-corrected chi connectivity index (χ4v) is 5.36. The van der Waals surface area contributed by atoms with Gasteiger partial charge in [0.15, 0.2) is 0 Å². The van der Waals surface area contributed by atoms with Gasteiger partial charge in [0.1, 0.15) is 5.70 Å². The van der Waals surface area contributed by atoms with Crippen molar-refractivity contribution in [2.75, 3.05) is 10.6 Å². The molecule has 0 aromatic heterocycles. The van der Waals surface area contributed by atoms with Crippen molar-refractivity contribution in [3.05, 3.63) is 144 Å². The molecule has 5 aromatic rings. The summed E-state index contributed by atoms with van der Waals surface area (Å²) in [7, 11) is 0. The molecule has 1 atom stereocenters. The zero-order chi connectivity index (χ0) is 30.2. The van der Waals surface area contributed by atoms with Crippen LogP contribution in [0.5, 0.6) is 0 Å². The van der Waals surface area contributed by atoms with E-state index in [0.29, 0.717) is 11.3 Å². The molecule has 3 amide bonds. The van der Waals surface area contributed by atoms with Crippen LogP contribution in [-0.2, 0) is 9.59 Å². The molecule has 0 heterocycles. The van der Waals surface area contributed by atoms with Crippen LogP contribution in [0.1, 0.15) is 28.4 Å². The molecule has 0 fully saturated rings. The van der Waals surface area contributed by atoms with Gasteiger partial charge in [-0.15, -0.1) is 11.8 Å². The quantitative estimate of drug-likeness (QED) is 0.122. The fourth-order valence-electron chi connectivity index (χ4n) is 4.49. The maximum Gasteiger partial charge on any atom is 0.272 e. The second kappa shape index (κ2) is 13.7. The molecule has 0 bridgehead atoms. The monoisotopic (exact) mass is 585 g/mol. The molecule has 0 spiro atoms. The normalized spacial score (nSPS) is 11.9. The van der Waals surface area contributed by atoms with Crippen LogP contribution in [0.3, 0.4) is 0 Å². The number of carbonyl (C=O) groups excluding carboxylic acids is 3. The summed E-state index contributed by atoms with van der Waals surface area (Å²) < 4.78 is 0. The average Bonchev–Trinajstić information content (AvgIpc) is 3.03. The molecule has 0 aliphatic heterocycles. The summed E-state index contributed by atoms with van der Waals surface area (Å²) in [5.74, 6) is -0.923. The fraction of sp³-hybridized carbons (Fsp3) is 0.0833. The zero-order valence-corrected chi connectivity index (χ0v) is 24.7. The van der Waals surface area contributed by atoms with E-state index < -0.39 is 5.91 Å². The summed E-state index contributed by atoms with van der Waals surface area (Å²) in [4.78, 5) is 40.1. The highest BCUT2D eigenvalue weighted by atomic mass is 32.2. The van der Waals surface area contributed by atoms with Crippen molar-refractivity contribution in [2.45, 2.75) is 24.0 Å². The molecule has 6 nitrogen and oxygen atoms in total. The van der Waals surface area contributed by atoms with Gasteiger partial charge >= 0.3 is 0 Å². The Bertz CT molecular complexity index is 1800. The molecule has 0 aliphatic rings. The van der Waals surface area contributed by atoms with Gasteiger partial charge in [-0.05, 0) is 78.9 Å². The summed E-state index contributed by atoms with van der Waals surface area (Å²) >= 11 is 1.43. The third-order valence-corrected chi connectivity index (χ3v) is 7.97. The van der Waals surface area contributed by atoms with Gasteiger partial charge in [0, 0.05) is 27.2 Å². The van der Waals surface area contributed by atoms with Crippen molar-refractivity contribution in [2.24, 2.45) is 0 Å². The number of thioether (sulfide) groups is 1. The standard InChI is InChI=1S/C36H31N3O3S/c1-24-11-6-7-15-28(24)23-33(39-35(41)27-13-4-3-5-14-27)36(42)37-29-19-21-30(22-20-29)43-25(2)34(40)38-32-18-10-16-26-12-8-9-17-31(26)32/h3-23,25H,1-2H3,(H,37,42)(H,38,40)(H,39,41)/b33-23-. The topological polar surface area (TPSA) is 87.3 Å². The number of fused-ring (bicyclic) bond motifs is 1. The highest BCUT2D eigenvalue weighted by Gasteiger charge is 2.17. The number of amides is 3. The van der Waals surface area contributed by atoms with Crippen LogP contribution in [0.2, 0.25) is 0 Å². The molecule has 5 aromatic carbocycles. The Kier molecular flexibility index (Phi) is 9.34. The molecule has 7 heteroatoms. The van der Waals surface area contributed by atoms with Crippen LogP contribution in [0, 0.1) is 6.92 Å². The number of aryl methyl sites for hydroxylation is 1. The first kappa shape index (κ1) is 29.4. The lowest BCUT2D eigenvalue weighted by Crippen LogP contribution is -2.30. The number of carbonyl (C=O) groups is 3. The number of hydrogen-bond donors (Lipinski definition) is 3. The second-order valence-electron chi connectivity index (χ2n) is 9.99. The highest BCUT2D eigenvalue weighted by Crippen LogP contribution is 2.28. The molecule has 1 unspecified atom stereocenters. The highest BCUT2D eigenvalue weighted by molar-refractivity contribution is 8.00. The van der Waals surface area contributed by atoms with E-state index in [4.69, 9.17) is 0 Å². The maximum atomic E-state index is 13.4. The molecule has 0 saturated heterocycles. The lowest BCUT2D eigenvalue weighted by molar-refractivity contribution is -0.115. The van der Waals surface area contributed by atoms with Crippen molar-refractivity contribution in [1.29, 1.82) is 0 Å². The van der Waals surface area contributed by atoms with E-state index in [1.165, 1.54) is 11.8 Å². The van der Waals surface area contributed by atoms with Gasteiger partial charge in [-0.1, -0.05) is 78.9 Å². The van der Waals surface area contributed by atoms with E-state index in [2.05, 4.69) is 16.0 Å². The zero-order valence-electron chi connectivity index (χ0n) is 23.8. The van der Waals surface area contributed by atoms with Crippen molar-refractivity contribution >= 4 is 57.7 Å². The maximum absolute atomic E-state index is 13.4. The van der Waals surface area contributed by atoms with Gasteiger partial charge in [0.25, 0.3) is 11.8 Å². The van der Waals surface area contributed by atoms with Crippen LogP contribution in [0.15, 0.2) is 132 Å². The summed E-state index contributed by atoms with van der Waals surface area (Å²) in [6, 6.07) is 37.4. The van der Waals surface area contributed by atoms with Crippen LogP contribution in [0.4, 0.5) is 11.4 Å². The summed E-state index contributed by atoms with van der Waals surface area (Å²) in [5, 5.41) is 10.4. The predicted octanol–water partition coefficient (Wildman–Crippen LogP) is 7.68. The molecule has 0 saturated carbocycles. The third kappa shape index (κ3) is 7.58. The molecular weight excluding hydrogens is 554 g/mol. The lowest BCUT2D eigenvalue weighted by Gasteiger charge is -2.14. The van der Waals surface area contributed by atoms with E-state index >= 15 is 0 Å². The van der Waals surface area contributed by atoms with Crippen molar-refractivity contribution in [3.8, 4) is 0 Å². The van der Waals surface area contributed by atoms with Crippen LogP contribution in [-0.4, -0.2) is 23.0 Å². The lowest BCUT2D eigenvalue weighted by atomic mass is 10.1. The molecule has 43 heavy (non-hydrogen) atoms. The molecule has 0 aliphatic carbocycles. The Hall–Kier alpha value is -5.14. The first-order valence-corrected chi connectivity index (χ1v) is 14.8. The number of benzene rings is 5. The average molecular weight is 586 g/mol. The molecular formula is C36H31N3O3S. The van der Waals surface area contributed by atoms with Gasteiger partial charge in [0.05, 0.1) is 5.25 Å². The smallest absolute Gasteiger partial charge is 0.272 e. The van der Waals surface area contributed by atoms with Crippen LogP contribution in [0.25, 0.3) is 16.8 Å². The Morgan fingerprint density at radius 3 is 2.16 bits per heavy atom. The van der Waals surface area contributed by atoms with E-state index in [-0.39, 0.29) is 22.8 Å². The van der Waals surface area contributed by atoms with E-state index in [1.807, 2.05) is 98.8 Å². The van der Waals surface area contributed by atoms with Crippen molar-refractivity contribution in [1.82, 2.24) is 5.32 Å². The van der Waals surface area contributed by atoms with Crippen LogP contribution >= 0.6 is 11.8 Å². The van der Waals surface area contributed by atoms with Gasteiger partial charge in [-0.25, -0.2) is 0 Å². The van der Waals surface area contributed by atoms with Gasteiger partial charge in [-0.2, -0.15) is 0 Å². The number of anilines is 2. The molecule has 0 radical (unpaired) electrons. The summed E-state index contributed by atoms with van der Waals surface area (Å²) in [5.41, 5.74) is 3.71. The SMILES string of the molecule is Cc1ccccc1/C=C(\NC(=O)c1ccccc1)C(=O)Nc1ccc(SC(C)C(=O)Nc2cccc3ccccc23)cc1. The van der Waals surface area contributed by atoms with E-state index in [0.717, 1.165) is 32.5 Å². The van der Waals surface area contributed by atoms with Gasteiger partial charge < -0.3 is 16.0 Å². The van der Waals surface area contributed by atoms with Gasteiger partial charge in [-0.3, -0.25) is 14.4 Å². The summed E-state index contributed by atoms with van der Waals surface area (Å²) in [6.45, 7) is 3.80. The minimum absolute atomic E-state index is 0.0983. The minimum Gasteiger partial charge on any atom is -0.325 e. The van der Waals surface area contributed by atoms with Crippen molar-refractivity contribution in [3.63, 3.8) is 0 Å². The summed E-state index contributed by atoms with van der Waals surface area (Å²) in [6.07, 6.45) is 1.67. The van der Waals surface area contributed by atoms with E-state index in [1.54, 1.807) is 42.5 Å². The molecule has 5 rings (SSSR count). The van der Waals surface area contributed by atoms with Gasteiger partial charge in [0.2, 0.25) is 5.91 Å². The minimum atomic E-state index is -0.448. The third-order valence-electron chi connectivity index (χ3n) is 6.86. The Morgan fingerprint density at radius 2 is 1.40 bits per heavy atom.